The zero-order valence-corrected chi connectivity index (χ0v) is 9.50. The van der Waals surface area contributed by atoms with E-state index in [0.717, 1.165) is 31.7 Å². The van der Waals surface area contributed by atoms with E-state index in [2.05, 4.69) is 15.8 Å². The van der Waals surface area contributed by atoms with Gasteiger partial charge in [0, 0.05) is 25.3 Å². The smallest absolute Gasteiger partial charge is 0.131 e. The second-order valence-corrected chi connectivity index (χ2v) is 4.08. The van der Waals surface area contributed by atoms with E-state index in [4.69, 9.17) is 21.5 Å². The molecular formula is C10H14ClN3O2. The van der Waals surface area contributed by atoms with E-state index in [1.54, 1.807) is 6.07 Å². The first-order valence-electron chi connectivity index (χ1n) is 5.19. The molecule has 1 aromatic heterocycles. The molecule has 0 amide bonds. The fourth-order valence-electron chi connectivity index (χ4n) is 1.70. The Morgan fingerprint density at radius 2 is 2.12 bits per heavy atom. The Bertz CT molecular complexity index is 356. The SMILES string of the molecule is ONc1cnc(Cl)cc1NC1CCOCC1. The summed E-state index contributed by atoms with van der Waals surface area (Å²) in [5.74, 6) is 0. The van der Waals surface area contributed by atoms with Gasteiger partial charge in [-0.1, -0.05) is 11.6 Å². The predicted octanol–water partition coefficient (Wildman–Crippen LogP) is 2.13. The molecule has 1 saturated heterocycles. The van der Waals surface area contributed by atoms with Crippen LogP contribution in [0.2, 0.25) is 5.15 Å². The van der Waals surface area contributed by atoms with Crippen LogP contribution in [0.5, 0.6) is 0 Å². The summed E-state index contributed by atoms with van der Waals surface area (Å²) in [6.45, 7) is 1.52. The van der Waals surface area contributed by atoms with Gasteiger partial charge in [0.2, 0.25) is 0 Å². The van der Waals surface area contributed by atoms with Crippen molar-refractivity contribution in [3.63, 3.8) is 0 Å². The number of ether oxygens (including phenoxy) is 1. The lowest BCUT2D eigenvalue weighted by molar-refractivity contribution is 0.0904. The summed E-state index contributed by atoms with van der Waals surface area (Å²) in [5.41, 5.74) is 3.38. The molecule has 6 heteroatoms. The average molecular weight is 244 g/mol. The third-order valence-electron chi connectivity index (χ3n) is 2.57. The Labute approximate surface area is 98.7 Å². The van der Waals surface area contributed by atoms with Gasteiger partial charge in [0.15, 0.2) is 0 Å². The maximum absolute atomic E-state index is 8.94. The van der Waals surface area contributed by atoms with Gasteiger partial charge in [-0.2, -0.15) is 0 Å². The lowest BCUT2D eigenvalue weighted by Gasteiger charge is -2.25. The van der Waals surface area contributed by atoms with Crippen LogP contribution >= 0.6 is 11.6 Å². The molecule has 0 spiro atoms. The topological polar surface area (TPSA) is 66.4 Å². The first-order chi connectivity index (χ1) is 7.79. The van der Waals surface area contributed by atoms with Crippen molar-refractivity contribution in [3.8, 4) is 0 Å². The van der Waals surface area contributed by atoms with Crippen molar-refractivity contribution in [2.24, 2.45) is 0 Å². The lowest BCUT2D eigenvalue weighted by Crippen LogP contribution is -2.28. The predicted molar refractivity (Wildman–Crippen MR) is 62.1 cm³/mol. The Morgan fingerprint density at radius 1 is 1.38 bits per heavy atom. The molecule has 1 aliphatic rings. The van der Waals surface area contributed by atoms with Crippen molar-refractivity contribution in [1.82, 2.24) is 4.98 Å². The number of rotatable bonds is 3. The summed E-state index contributed by atoms with van der Waals surface area (Å²) >= 11 is 5.81. The van der Waals surface area contributed by atoms with Gasteiger partial charge in [-0.25, -0.2) is 4.98 Å². The van der Waals surface area contributed by atoms with Crippen LogP contribution in [0.15, 0.2) is 12.3 Å². The van der Waals surface area contributed by atoms with Crippen molar-refractivity contribution >= 4 is 23.0 Å². The van der Waals surface area contributed by atoms with E-state index >= 15 is 0 Å². The van der Waals surface area contributed by atoms with E-state index in [1.165, 1.54) is 6.20 Å². The summed E-state index contributed by atoms with van der Waals surface area (Å²) in [4.78, 5) is 3.88. The number of nitrogens with zero attached hydrogens (tertiary/aromatic N) is 1. The molecule has 1 fully saturated rings. The van der Waals surface area contributed by atoms with Crippen LogP contribution in [0.25, 0.3) is 0 Å². The van der Waals surface area contributed by atoms with Crippen LogP contribution in [0.4, 0.5) is 11.4 Å². The first kappa shape index (κ1) is 11.4. The van der Waals surface area contributed by atoms with Crippen molar-refractivity contribution in [2.75, 3.05) is 24.0 Å². The Hall–Kier alpha value is -1.04. The molecule has 0 unspecified atom stereocenters. The summed E-state index contributed by atoms with van der Waals surface area (Å²) in [6.07, 6.45) is 3.39. The highest BCUT2D eigenvalue weighted by Gasteiger charge is 2.15. The maximum atomic E-state index is 8.94. The average Bonchev–Trinajstić information content (AvgIpc) is 2.31. The largest absolute Gasteiger partial charge is 0.381 e. The summed E-state index contributed by atoms with van der Waals surface area (Å²) < 4.78 is 5.27. The number of hydrogen-bond donors (Lipinski definition) is 3. The second-order valence-electron chi connectivity index (χ2n) is 3.70. The third-order valence-corrected chi connectivity index (χ3v) is 2.78. The molecule has 2 rings (SSSR count). The van der Waals surface area contributed by atoms with E-state index in [9.17, 15) is 0 Å². The fraction of sp³-hybridized carbons (Fsp3) is 0.500. The van der Waals surface area contributed by atoms with Gasteiger partial charge in [0.1, 0.15) is 10.8 Å². The van der Waals surface area contributed by atoms with Crippen LogP contribution in [-0.4, -0.2) is 29.4 Å². The van der Waals surface area contributed by atoms with Crippen LogP contribution in [0, 0.1) is 0 Å². The minimum Gasteiger partial charge on any atom is -0.381 e. The molecule has 0 aromatic carbocycles. The Morgan fingerprint density at radius 3 is 2.81 bits per heavy atom. The van der Waals surface area contributed by atoms with Crippen molar-refractivity contribution in [3.05, 3.63) is 17.4 Å². The molecule has 0 radical (unpaired) electrons. The third kappa shape index (κ3) is 2.75. The van der Waals surface area contributed by atoms with E-state index in [-0.39, 0.29) is 0 Å². The van der Waals surface area contributed by atoms with Crippen LogP contribution < -0.4 is 10.8 Å². The van der Waals surface area contributed by atoms with Crippen molar-refractivity contribution in [1.29, 1.82) is 0 Å². The second kappa shape index (κ2) is 5.34. The zero-order valence-electron chi connectivity index (χ0n) is 8.74. The molecule has 0 saturated carbocycles. The Balaban J connectivity index is 2.09. The van der Waals surface area contributed by atoms with Crippen molar-refractivity contribution in [2.45, 2.75) is 18.9 Å². The number of pyridine rings is 1. The molecule has 2 heterocycles. The normalized spacial score (nSPS) is 17.1. The van der Waals surface area contributed by atoms with Gasteiger partial charge in [0.05, 0.1) is 11.9 Å². The lowest BCUT2D eigenvalue weighted by atomic mass is 10.1. The maximum Gasteiger partial charge on any atom is 0.131 e. The number of hydrogen-bond acceptors (Lipinski definition) is 5. The quantitative estimate of drug-likeness (QED) is 0.561. The van der Waals surface area contributed by atoms with E-state index in [0.29, 0.717) is 16.9 Å². The summed E-state index contributed by atoms with van der Waals surface area (Å²) in [6, 6.07) is 2.04. The number of nitrogens with one attached hydrogen (secondary N) is 2. The van der Waals surface area contributed by atoms with Gasteiger partial charge in [-0.05, 0) is 12.8 Å². The first-order valence-corrected chi connectivity index (χ1v) is 5.57. The molecule has 5 nitrogen and oxygen atoms in total. The van der Waals surface area contributed by atoms with E-state index in [1.807, 2.05) is 0 Å². The van der Waals surface area contributed by atoms with Gasteiger partial charge < -0.3 is 10.1 Å². The van der Waals surface area contributed by atoms with Crippen LogP contribution in [-0.2, 0) is 4.74 Å². The number of aromatic nitrogens is 1. The molecule has 88 valence electrons. The fourth-order valence-corrected chi connectivity index (χ4v) is 1.86. The Kier molecular flexibility index (Phi) is 3.82. The molecule has 1 aliphatic heterocycles. The number of anilines is 2. The highest BCUT2D eigenvalue weighted by molar-refractivity contribution is 6.29. The molecular weight excluding hydrogens is 230 g/mol. The number of halogens is 1. The molecule has 16 heavy (non-hydrogen) atoms. The molecule has 3 N–H and O–H groups in total. The van der Waals surface area contributed by atoms with Gasteiger partial charge >= 0.3 is 0 Å². The van der Waals surface area contributed by atoms with Gasteiger partial charge in [-0.15, -0.1) is 0 Å². The molecule has 0 atom stereocenters. The van der Waals surface area contributed by atoms with Crippen LogP contribution in [0.1, 0.15) is 12.8 Å². The van der Waals surface area contributed by atoms with Crippen LogP contribution in [0.3, 0.4) is 0 Å². The monoisotopic (exact) mass is 243 g/mol. The zero-order chi connectivity index (χ0) is 11.4. The summed E-state index contributed by atoms with van der Waals surface area (Å²) in [7, 11) is 0. The van der Waals surface area contributed by atoms with Gasteiger partial charge in [0.25, 0.3) is 0 Å². The summed E-state index contributed by atoms with van der Waals surface area (Å²) in [5, 5.41) is 12.7. The van der Waals surface area contributed by atoms with Gasteiger partial charge in [-0.3, -0.25) is 10.7 Å². The van der Waals surface area contributed by atoms with E-state index < -0.39 is 0 Å². The highest BCUT2D eigenvalue weighted by Crippen LogP contribution is 2.25. The standard InChI is InChI=1S/C10H14ClN3O2/c11-10-5-8(9(14-15)6-12-10)13-7-1-3-16-4-2-7/h5-7,14-15H,1-4H2,(H,12,13). The minimum absolute atomic E-state index is 0.347. The minimum atomic E-state index is 0.347. The molecule has 0 aliphatic carbocycles. The van der Waals surface area contributed by atoms with Crippen molar-refractivity contribution < 1.29 is 9.94 Å². The molecule has 1 aromatic rings. The highest BCUT2D eigenvalue weighted by atomic mass is 35.5. The molecule has 0 bridgehead atoms.